The van der Waals surface area contributed by atoms with Crippen molar-refractivity contribution >= 4 is 12.1 Å². The van der Waals surface area contributed by atoms with E-state index in [4.69, 9.17) is 14.6 Å². The van der Waals surface area contributed by atoms with Gasteiger partial charge in [-0.1, -0.05) is 0 Å². The van der Waals surface area contributed by atoms with Crippen LogP contribution in [0.15, 0.2) is 0 Å². The van der Waals surface area contributed by atoms with Crippen molar-refractivity contribution in [3.8, 4) is 0 Å². The van der Waals surface area contributed by atoms with Gasteiger partial charge in [0, 0.05) is 13.7 Å². The van der Waals surface area contributed by atoms with Crippen molar-refractivity contribution in [1.29, 1.82) is 0 Å². The largest absolute Gasteiger partial charge is 0.481 e. The zero-order chi connectivity index (χ0) is 15.5. The summed E-state index contributed by atoms with van der Waals surface area (Å²) < 4.78 is 10.7. The van der Waals surface area contributed by atoms with Gasteiger partial charge in [-0.3, -0.25) is 4.79 Å². The summed E-state index contributed by atoms with van der Waals surface area (Å²) in [6.45, 7) is 7.60. The lowest BCUT2D eigenvalue weighted by Crippen LogP contribution is -2.49. The highest BCUT2D eigenvalue weighted by Gasteiger charge is 2.41. The van der Waals surface area contributed by atoms with Crippen LogP contribution in [0.3, 0.4) is 0 Å². The number of ether oxygens (including phenoxy) is 2. The molecule has 1 aliphatic rings. The van der Waals surface area contributed by atoms with Crippen LogP contribution in [0.1, 0.15) is 40.5 Å². The van der Waals surface area contributed by atoms with Gasteiger partial charge in [-0.05, 0) is 40.5 Å². The monoisotopic (exact) mass is 287 g/mol. The van der Waals surface area contributed by atoms with E-state index >= 15 is 0 Å². The predicted octanol–water partition coefficient (Wildman–Crippen LogP) is 2.12. The van der Waals surface area contributed by atoms with Gasteiger partial charge >= 0.3 is 12.1 Å². The van der Waals surface area contributed by atoms with E-state index in [0.717, 1.165) is 12.8 Å². The number of carboxylic acid groups (broad SMARTS) is 1. The van der Waals surface area contributed by atoms with E-state index in [9.17, 15) is 9.59 Å². The van der Waals surface area contributed by atoms with Gasteiger partial charge in [0.1, 0.15) is 5.60 Å². The Kier molecular flexibility index (Phi) is 5.39. The highest BCUT2D eigenvalue weighted by Crippen LogP contribution is 2.27. The molecule has 116 valence electrons. The number of hydrogen-bond donors (Lipinski definition) is 1. The number of rotatable bonds is 4. The van der Waals surface area contributed by atoms with E-state index in [2.05, 4.69) is 0 Å². The zero-order valence-corrected chi connectivity index (χ0v) is 12.9. The third-order valence-electron chi connectivity index (χ3n) is 3.46. The summed E-state index contributed by atoms with van der Waals surface area (Å²) in [4.78, 5) is 24.9. The molecule has 0 aromatic rings. The number of carbonyl (C=O) groups is 2. The Labute approximate surface area is 120 Å². The lowest BCUT2D eigenvalue weighted by Gasteiger charge is -2.34. The third kappa shape index (κ3) is 4.10. The van der Waals surface area contributed by atoms with E-state index in [1.807, 2.05) is 20.8 Å². The number of amides is 1. The predicted molar refractivity (Wildman–Crippen MR) is 73.6 cm³/mol. The highest BCUT2D eigenvalue weighted by atomic mass is 16.6. The Morgan fingerprint density at radius 3 is 2.40 bits per heavy atom. The van der Waals surface area contributed by atoms with Crippen molar-refractivity contribution in [2.24, 2.45) is 5.92 Å². The Morgan fingerprint density at radius 1 is 1.35 bits per heavy atom. The van der Waals surface area contributed by atoms with Crippen LogP contribution in [0.5, 0.6) is 0 Å². The average molecular weight is 287 g/mol. The fourth-order valence-electron chi connectivity index (χ4n) is 2.52. The smallest absolute Gasteiger partial charge is 0.410 e. The topological polar surface area (TPSA) is 76.1 Å². The van der Waals surface area contributed by atoms with Gasteiger partial charge in [0.25, 0.3) is 0 Å². The number of nitrogens with zero attached hydrogens (tertiary/aromatic N) is 1. The van der Waals surface area contributed by atoms with E-state index in [-0.39, 0.29) is 6.04 Å². The van der Waals surface area contributed by atoms with E-state index < -0.39 is 29.7 Å². The highest BCUT2D eigenvalue weighted by molar-refractivity contribution is 5.71. The molecule has 3 atom stereocenters. The van der Waals surface area contributed by atoms with Crippen molar-refractivity contribution in [1.82, 2.24) is 4.90 Å². The minimum Gasteiger partial charge on any atom is -0.481 e. The molecule has 1 amide bonds. The van der Waals surface area contributed by atoms with E-state index in [1.165, 1.54) is 7.11 Å². The second kappa shape index (κ2) is 6.43. The summed E-state index contributed by atoms with van der Waals surface area (Å²) in [6.07, 6.45) is 0.632. The Balaban J connectivity index is 2.82. The lowest BCUT2D eigenvalue weighted by molar-refractivity contribution is -0.147. The third-order valence-corrected chi connectivity index (χ3v) is 3.46. The molecule has 1 heterocycles. The summed E-state index contributed by atoms with van der Waals surface area (Å²) in [5.41, 5.74) is -0.564. The summed E-state index contributed by atoms with van der Waals surface area (Å²) >= 11 is 0. The number of carboxylic acids is 1. The molecule has 1 rings (SSSR count). The number of hydrogen-bond acceptors (Lipinski definition) is 4. The standard InChI is InChI=1S/C14H25NO5/c1-9(12(16)17)11(19-5)10-7-6-8-15(10)13(18)20-14(2,3)4/h9-11H,6-8H2,1-5H3,(H,16,17)/t9-,10?,11-/m1/s1. The van der Waals surface area contributed by atoms with Crippen LogP contribution in [-0.2, 0) is 14.3 Å². The molecule has 20 heavy (non-hydrogen) atoms. The van der Waals surface area contributed by atoms with Crippen LogP contribution in [-0.4, -0.2) is 53.5 Å². The van der Waals surface area contributed by atoms with Gasteiger partial charge < -0.3 is 19.5 Å². The molecule has 1 fully saturated rings. The SMILES string of the molecule is CO[C@@H](C1CCCN1C(=O)OC(C)(C)C)[C@@H](C)C(=O)O. The Bertz CT molecular complexity index is 363. The van der Waals surface area contributed by atoms with Crippen molar-refractivity contribution in [3.05, 3.63) is 0 Å². The van der Waals surface area contributed by atoms with Crippen molar-refractivity contribution in [2.75, 3.05) is 13.7 Å². The fourth-order valence-corrected chi connectivity index (χ4v) is 2.52. The molecule has 1 saturated heterocycles. The number of carbonyl (C=O) groups excluding carboxylic acids is 1. The molecule has 0 aromatic heterocycles. The number of aliphatic carboxylic acids is 1. The summed E-state index contributed by atoms with van der Waals surface area (Å²) in [7, 11) is 1.48. The number of methoxy groups -OCH3 is 1. The van der Waals surface area contributed by atoms with Crippen LogP contribution < -0.4 is 0 Å². The summed E-state index contributed by atoms with van der Waals surface area (Å²) in [5, 5.41) is 9.14. The van der Waals surface area contributed by atoms with E-state index in [0.29, 0.717) is 6.54 Å². The Hall–Kier alpha value is -1.30. The van der Waals surface area contributed by atoms with Crippen LogP contribution in [0.2, 0.25) is 0 Å². The Morgan fingerprint density at radius 2 is 1.95 bits per heavy atom. The van der Waals surface area contributed by atoms with E-state index in [1.54, 1.807) is 11.8 Å². The fraction of sp³-hybridized carbons (Fsp3) is 0.857. The maximum absolute atomic E-state index is 12.2. The minimum absolute atomic E-state index is 0.249. The minimum atomic E-state index is -0.923. The maximum atomic E-state index is 12.2. The molecule has 0 spiro atoms. The van der Waals surface area contributed by atoms with Gasteiger partial charge in [-0.2, -0.15) is 0 Å². The van der Waals surface area contributed by atoms with Crippen molar-refractivity contribution < 1.29 is 24.2 Å². The van der Waals surface area contributed by atoms with Gasteiger partial charge in [0.2, 0.25) is 0 Å². The molecular weight excluding hydrogens is 262 g/mol. The quantitative estimate of drug-likeness (QED) is 0.857. The first-order valence-corrected chi connectivity index (χ1v) is 6.92. The second-order valence-corrected chi connectivity index (χ2v) is 6.21. The zero-order valence-electron chi connectivity index (χ0n) is 12.9. The first-order chi connectivity index (χ1) is 9.17. The first-order valence-electron chi connectivity index (χ1n) is 6.92. The van der Waals surface area contributed by atoms with Crippen molar-refractivity contribution in [2.45, 2.75) is 58.3 Å². The normalized spacial score (nSPS) is 22.4. The van der Waals surface area contributed by atoms with Gasteiger partial charge in [0.15, 0.2) is 0 Å². The average Bonchev–Trinajstić information content (AvgIpc) is 2.76. The molecule has 1 aliphatic heterocycles. The molecule has 6 heteroatoms. The number of likely N-dealkylation sites (tertiary alicyclic amines) is 1. The van der Waals surface area contributed by atoms with Crippen LogP contribution in [0, 0.1) is 5.92 Å². The molecule has 0 aromatic carbocycles. The molecule has 1 N–H and O–H groups in total. The van der Waals surface area contributed by atoms with Crippen LogP contribution in [0.4, 0.5) is 4.79 Å². The van der Waals surface area contributed by atoms with Crippen molar-refractivity contribution in [3.63, 3.8) is 0 Å². The molecule has 0 radical (unpaired) electrons. The molecular formula is C14H25NO5. The molecule has 0 saturated carbocycles. The van der Waals surface area contributed by atoms with Gasteiger partial charge in [-0.25, -0.2) is 4.79 Å². The molecule has 1 unspecified atom stereocenters. The van der Waals surface area contributed by atoms with Crippen LogP contribution >= 0.6 is 0 Å². The van der Waals surface area contributed by atoms with Gasteiger partial charge in [0.05, 0.1) is 18.1 Å². The maximum Gasteiger partial charge on any atom is 0.410 e. The molecule has 0 bridgehead atoms. The lowest BCUT2D eigenvalue weighted by atomic mass is 9.96. The molecule has 0 aliphatic carbocycles. The second-order valence-electron chi connectivity index (χ2n) is 6.21. The molecule has 6 nitrogen and oxygen atoms in total. The van der Waals surface area contributed by atoms with Crippen LogP contribution in [0.25, 0.3) is 0 Å². The first kappa shape index (κ1) is 16.8. The van der Waals surface area contributed by atoms with Gasteiger partial charge in [-0.15, -0.1) is 0 Å². The summed E-state index contributed by atoms with van der Waals surface area (Å²) in [6, 6.07) is -0.249. The summed E-state index contributed by atoms with van der Waals surface area (Å²) in [5.74, 6) is -1.60.